The maximum atomic E-state index is 14.6. The Hall–Kier alpha value is -1.20. The molecular formula is C38H55ClO4. The van der Waals surface area contributed by atoms with Crippen LogP contribution in [-0.4, -0.2) is 27.8 Å². The number of fused-ring (bicyclic) bond motifs is 7. The molecule has 6 rings (SSSR count). The Morgan fingerprint density at radius 2 is 1.58 bits per heavy atom. The molecule has 0 aromatic heterocycles. The normalized spacial score (nSPS) is 46.8. The third kappa shape index (κ3) is 4.58. The van der Waals surface area contributed by atoms with Gasteiger partial charge in [0, 0.05) is 17.3 Å². The van der Waals surface area contributed by atoms with E-state index in [0.29, 0.717) is 18.3 Å². The predicted molar refractivity (Wildman–Crippen MR) is 172 cm³/mol. The quantitative estimate of drug-likeness (QED) is 0.258. The zero-order chi connectivity index (χ0) is 31.2. The Morgan fingerprint density at radius 3 is 2.26 bits per heavy atom. The monoisotopic (exact) mass is 610 g/mol. The fourth-order valence-electron chi connectivity index (χ4n) is 11.9. The van der Waals surface area contributed by atoms with Gasteiger partial charge in [-0.2, -0.15) is 0 Å². The zero-order valence-corrected chi connectivity index (χ0v) is 28.3. The number of halogens is 1. The molecule has 11 atom stereocenters. The lowest BCUT2D eigenvalue weighted by atomic mass is 9.33. The lowest BCUT2D eigenvalue weighted by Gasteiger charge is -2.71. The molecule has 0 amide bonds. The van der Waals surface area contributed by atoms with Crippen LogP contribution in [0.25, 0.3) is 0 Å². The maximum Gasteiger partial charge on any atom is 0.160 e. The third-order valence-corrected chi connectivity index (χ3v) is 15.2. The number of ketones is 1. The van der Waals surface area contributed by atoms with Gasteiger partial charge in [-0.05, 0) is 108 Å². The molecule has 5 aliphatic carbocycles. The van der Waals surface area contributed by atoms with E-state index in [1.54, 1.807) is 0 Å². The number of allylic oxidation sites excluding steroid dienone is 2. The number of carbonyl (C=O) groups excluding carboxylic acids is 1. The molecule has 0 radical (unpaired) electrons. The van der Waals surface area contributed by atoms with Crippen LogP contribution in [0.4, 0.5) is 0 Å². The fraction of sp³-hybridized carbons (Fsp3) is 0.763. The summed E-state index contributed by atoms with van der Waals surface area (Å²) in [5, 5.41) is 21.9. The van der Waals surface area contributed by atoms with E-state index >= 15 is 0 Å². The second-order valence-corrected chi connectivity index (χ2v) is 17.8. The highest BCUT2D eigenvalue weighted by molar-refractivity contribution is 6.19. The molecule has 238 valence electrons. The number of hydrogen-bond acceptors (Lipinski definition) is 4. The molecule has 0 spiro atoms. The first-order valence-electron chi connectivity index (χ1n) is 16.9. The molecule has 5 heteroatoms. The number of ether oxygens (including phenoxy) is 1. The molecule has 4 nitrogen and oxygen atoms in total. The van der Waals surface area contributed by atoms with Crippen molar-refractivity contribution in [3.63, 3.8) is 0 Å². The molecule has 0 bridgehead atoms. The largest absolute Gasteiger partial charge is 0.377 e. The molecule has 5 aliphatic rings. The van der Waals surface area contributed by atoms with Crippen LogP contribution in [0.3, 0.4) is 0 Å². The highest BCUT2D eigenvalue weighted by atomic mass is 35.5. The van der Waals surface area contributed by atoms with Crippen molar-refractivity contribution in [2.24, 2.45) is 56.2 Å². The molecule has 0 aliphatic heterocycles. The molecule has 2 N–H and O–H groups in total. The van der Waals surface area contributed by atoms with Crippen LogP contribution in [0.2, 0.25) is 0 Å². The lowest BCUT2D eigenvalue weighted by molar-refractivity contribution is -0.212. The van der Waals surface area contributed by atoms with Crippen LogP contribution in [0.15, 0.2) is 42.0 Å². The van der Waals surface area contributed by atoms with Gasteiger partial charge in [-0.15, -0.1) is 0 Å². The second kappa shape index (κ2) is 10.4. The highest BCUT2D eigenvalue weighted by Gasteiger charge is 2.70. The van der Waals surface area contributed by atoms with Gasteiger partial charge in [0.25, 0.3) is 0 Å². The summed E-state index contributed by atoms with van der Waals surface area (Å²) in [6.07, 6.45) is 10.2. The Morgan fingerprint density at radius 1 is 0.907 bits per heavy atom. The van der Waals surface area contributed by atoms with Crippen LogP contribution in [0, 0.1) is 56.2 Å². The zero-order valence-electron chi connectivity index (χ0n) is 27.6. The summed E-state index contributed by atoms with van der Waals surface area (Å²) in [6.45, 7) is 16.9. The Labute approximate surface area is 265 Å². The predicted octanol–water partition coefficient (Wildman–Crippen LogP) is 8.68. The van der Waals surface area contributed by atoms with E-state index in [9.17, 15) is 15.0 Å². The summed E-state index contributed by atoms with van der Waals surface area (Å²) in [7, 11) is 0. The number of aliphatic hydroxyl groups is 2. The summed E-state index contributed by atoms with van der Waals surface area (Å²) in [4.78, 5) is 14.6. The van der Waals surface area contributed by atoms with Crippen LogP contribution in [-0.2, 0) is 16.1 Å². The average molecular weight is 611 g/mol. The molecule has 1 aromatic rings. The SMILES string of the molecule is CC1(C)C2CC[C@]3(C)[C@H](C(=O)C=C4C5C[C@@](C)(C(O)OCc6ccccc6)CC[C@]5(C)CC[C@]43C)C2(C)CC[C@@H]1C(O)Cl. The van der Waals surface area contributed by atoms with Crippen molar-refractivity contribution in [3.05, 3.63) is 47.5 Å². The van der Waals surface area contributed by atoms with E-state index in [-0.39, 0.29) is 50.2 Å². The number of carbonyl (C=O) groups is 1. The van der Waals surface area contributed by atoms with Gasteiger partial charge in [-0.1, -0.05) is 96.0 Å². The maximum absolute atomic E-state index is 14.6. The van der Waals surface area contributed by atoms with E-state index in [0.717, 1.165) is 63.4 Å². The van der Waals surface area contributed by atoms with Gasteiger partial charge in [0.1, 0.15) is 5.56 Å². The van der Waals surface area contributed by atoms with E-state index in [4.69, 9.17) is 16.3 Å². The van der Waals surface area contributed by atoms with Gasteiger partial charge in [-0.3, -0.25) is 4.79 Å². The first-order chi connectivity index (χ1) is 20.0. The highest BCUT2D eigenvalue weighted by Crippen LogP contribution is 2.75. The molecule has 1 aromatic carbocycles. The molecule has 4 saturated carbocycles. The van der Waals surface area contributed by atoms with Crippen molar-refractivity contribution in [1.29, 1.82) is 0 Å². The van der Waals surface area contributed by atoms with E-state index < -0.39 is 11.9 Å². The Kier molecular flexibility index (Phi) is 7.69. The van der Waals surface area contributed by atoms with Gasteiger partial charge in [0.05, 0.1) is 6.61 Å². The van der Waals surface area contributed by atoms with Crippen LogP contribution in [0.1, 0.15) is 112 Å². The topological polar surface area (TPSA) is 66.8 Å². The lowest BCUT2D eigenvalue weighted by Crippen LogP contribution is -2.66. The number of alkyl halides is 1. The van der Waals surface area contributed by atoms with Crippen molar-refractivity contribution in [1.82, 2.24) is 0 Å². The van der Waals surface area contributed by atoms with E-state index in [1.165, 1.54) is 5.57 Å². The summed E-state index contributed by atoms with van der Waals surface area (Å²) < 4.78 is 6.13. The van der Waals surface area contributed by atoms with Crippen molar-refractivity contribution in [2.45, 2.75) is 125 Å². The molecule has 4 fully saturated rings. The van der Waals surface area contributed by atoms with Crippen LogP contribution >= 0.6 is 11.6 Å². The minimum atomic E-state index is -0.849. The summed E-state index contributed by atoms with van der Waals surface area (Å²) in [5.74, 6) is 0.935. The van der Waals surface area contributed by atoms with Gasteiger partial charge in [0.2, 0.25) is 0 Å². The standard InChI is InChI=1S/C38H55ClO4/c1-33(2)25(31(39)41)13-15-36(5)29(33)14-16-38(7)30(36)28(40)21-26-27-22-35(4,18-17-34(27,3)19-20-37(26,38)6)32(42)43-23-24-11-9-8-10-12-24/h8-12,21,25,27,29-32,41-42H,13-20,22-23H2,1-7H3/t25-,27?,29?,30-,31?,32?,34-,35+,36?,37-,38-/m1/s1. The number of hydrogen-bond donors (Lipinski definition) is 2. The van der Waals surface area contributed by atoms with E-state index in [1.807, 2.05) is 30.3 Å². The molecule has 43 heavy (non-hydrogen) atoms. The minimum Gasteiger partial charge on any atom is -0.377 e. The minimum absolute atomic E-state index is 0.0284. The molecule has 5 unspecified atom stereocenters. The van der Waals surface area contributed by atoms with Crippen molar-refractivity contribution in [2.75, 3.05) is 0 Å². The molecule has 0 heterocycles. The Balaban J connectivity index is 1.33. The van der Waals surface area contributed by atoms with E-state index in [2.05, 4.69) is 54.5 Å². The number of rotatable bonds is 5. The number of aliphatic hydroxyl groups excluding tert-OH is 2. The smallest absolute Gasteiger partial charge is 0.160 e. The second-order valence-electron chi connectivity index (χ2n) is 17.3. The summed E-state index contributed by atoms with van der Waals surface area (Å²) in [5.41, 5.74) is 0.900. The van der Waals surface area contributed by atoms with Crippen molar-refractivity contribution >= 4 is 17.4 Å². The summed E-state index contributed by atoms with van der Waals surface area (Å²) in [6, 6.07) is 10.1. The van der Waals surface area contributed by atoms with Gasteiger partial charge in [0.15, 0.2) is 12.1 Å². The number of benzene rings is 1. The van der Waals surface area contributed by atoms with Gasteiger partial charge >= 0.3 is 0 Å². The fourth-order valence-corrected chi connectivity index (χ4v) is 12.4. The first kappa shape index (κ1) is 31.8. The Bertz CT molecular complexity index is 1270. The van der Waals surface area contributed by atoms with Crippen molar-refractivity contribution < 1.29 is 19.7 Å². The van der Waals surface area contributed by atoms with Gasteiger partial charge in [-0.25, -0.2) is 0 Å². The third-order valence-electron chi connectivity index (χ3n) is 14.9. The van der Waals surface area contributed by atoms with Crippen LogP contribution < -0.4 is 0 Å². The van der Waals surface area contributed by atoms with Crippen LogP contribution in [0.5, 0.6) is 0 Å². The summed E-state index contributed by atoms with van der Waals surface area (Å²) >= 11 is 6.35. The first-order valence-corrected chi connectivity index (χ1v) is 17.4. The van der Waals surface area contributed by atoms with Gasteiger partial charge < -0.3 is 14.9 Å². The molecule has 0 saturated heterocycles. The molecular weight excluding hydrogens is 556 g/mol. The van der Waals surface area contributed by atoms with Crippen molar-refractivity contribution in [3.8, 4) is 0 Å². The average Bonchev–Trinajstić information content (AvgIpc) is 2.93.